The molecule has 0 bridgehead atoms. The van der Waals surface area contributed by atoms with E-state index in [0.717, 1.165) is 17.2 Å². The van der Waals surface area contributed by atoms with E-state index in [-0.39, 0.29) is 5.69 Å². The van der Waals surface area contributed by atoms with Gasteiger partial charge in [-0.25, -0.2) is 0 Å². The number of aliphatic imine (C=N–C) groups is 1. The Labute approximate surface area is 126 Å². The SMILES string of the molecule is CC[n+]1c(C)csc1C([S-])=Nc1ccc([N+](=O)[O-])cc1. The maximum Gasteiger partial charge on any atom is 0.269 e. The van der Waals surface area contributed by atoms with Gasteiger partial charge in [0.2, 0.25) is 0 Å². The molecule has 0 spiro atoms. The van der Waals surface area contributed by atoms with Crippen molar-refractivity contribution < 1.29 is 9.49 Å². The fourth-order valence-corrected chi connectivity index (χ4v) is 3.12. The number of hydrogen-bond donors (Lipinski definition) is 0. The molecule has 0 amide bonds. The first-order valence-corrected chi connectivity index (χ1v) is 7.30. The van der Waals surface area contributed by atoms with Gasteiger partial charge in [-0.1, -0.05) is 11.3 Å². The Bertz CT molecular complexity index is 663. The summed E-state index contributed by atoms with van der Waals surface area (Å²) in [6, 6.07) is 6.05. The van der Waals surface area contributed by atoms with Gasteiger partial charge in [0.15, 0.2) is 5.69 Å². The molecule has 0 aliphatic rings. The topological polar surface area (TPSA) is 59.4 Å². The highest BCUT2D eigenvalue weighted by atomic mass is 32.1. The van der Waals surface area contributed by atoms with E-state index in [1.165, 1.54) is 12.1 Å². The molecule has 0 saturated heterocycles. The zero-order valence-electron chi connectivity index (χ0n) is 11.1. The zero-order chi connectivity index (χ0) is 14.7. The van der Waals surface area contributed by atoms with Gasteiger partial charge in [0, 0.05) is 24.1 Å². The molecule has 1 aromatic carbocycles. The van der Waals surface area contributed by atoms with Crippen LogP contribution in [0.15, 0.2) is 34.6 Å². The number of nitro groups is 1. The maximum atomic E-state index is 10.6. The molecule has 104 valence electrons. The normalized spacial score (nSPS) is 11.6. The van der Waals surface area contributed by atoms with Crippen molar-refractivity contribution in [1.29, 1.82) is 0 Å². The van der Waals surface area contributed by atoms with Crippen molar-refractivity contribution in [3.8, 4) is 0 Å². The van der Waals surface area contributed by atoms with E-state index < -0.39 is 4.92 Å². The van der Waals surface area contributed by atoms with Crippen molar-refractivity contribution in [3.63, 3.8) is 0 Å². The molecule has 2 aromatic rings. The number of rotatable bonds is 4. The molecule has 7 heteroatoms. The number of non-ortho nitro benzene ring substituents is 1. The second kappa shape index (κ2) is 6.06. The molecule has 20 heavy (non-hydrogen) atoms. The van der Waals surface area contributed by atoms with E-state index in [1.807, 2.05) is 12.3 Å². The van der Waals surface area contributed by atoms with Crippen molar-refractivity contribution in [2.75, 3.05) is 0 Å². The van der Waals surface area contributed by atoms with Crippen LogP contribution < -0.4 is 4.57 Å². The number of hydrogen-bond acceptors (Lipinski definition) is 5. The van der Waals surface area contributed by atoms with Gasteiger partial charge in [0.25, 0.3) is 10.7 Å². The molecule has 2 rings (SSSR count). The van der Waals surface area contributed by atoms with Gasteiger partial charge in [0.1, 0.15) is 6.54 Å². The molecule has 0 saturated carbocycles. The first kappa shape index (κ1) is 14.5. The molecule has 1 aromatic heterocycles. The molecule has 0 atom stereocenters. The maximum absolute atomic E-state index is 10.6. The van der Waals surface area contributed by atoms with E-state index in [4.69, 9.17) is 12.6 Å². The number of benzene rings is 1. The van der Waals surface area contributed by atoms with Gasteiger partial charge in [-0.05, 0) is 19.1 Å². The highest BCUT2D eigenvalue weighted by molar-refractivity contribution is 7.78. The zero-order valence-corrected chi connectivity index (χ0v) is 12.7. The molecule has 5 nitrogen and oxygen atoms in total. The Morgan fingerprint density at radius 2 is 2.10 bits per heavy atom. The summed E-state index contributed by atoms with van der Waals surface area (Å²) in [7, 11) is 0. The van der Waals surface area contributed by atoms with Gasteiger partial charge in [-0.2, -0.15) is 4.57 Å². The Morgan fingerprint density at radius 3 is 2.65 bits per heavy atom. The van der Waals surface area contributed by atoms with E-state index in [9.17, 15) is 10.1 Å². The Balaban J connectivity index is 2.32. The lowest BCUT2D eigenvalue weighted by Gasteiger charge is -2.06. The standard InChI is InChI=1S/C13H13N3O2S2/c1-3-15-9(2)8-20-13(15)12(19)14-10-4-6-11(7-5-10)16(17)18/h4-8H,3H2,1-2H3. The molecule has 0 fully saturated rings. The van der Waals surface area contributed by atoms with Crippen LogP contribution in [-0.2, 0) is 19.2 Å². The molecule has 0 N–H and O–H groups in total. The van der Waals surface area contributed by atoms with Crippen LogP contribution in [0.4, 0.5) is 11.4 Å². The average molecular weight is 307 g/mol. The molecular formula is C13H13N3O2S2. The molecular weight excluding hydrogens is 294 g/mol. The van der Waals surface area contributed by atoms with Crippen LogP contribution in [0.2, 0.25) is 0 Å². The van der Waals surface area contributed by atoms with Crippen molar-refractivity contribution >= 4 is 40.4 Å². The minimum Gasteiger partial charge on any atom is -0.753 e. The highest BCUT2D eigenvalue weighted by Gasteiger charge is 2.14. The second-order valence-corrected chi connectivity index (χ2v) is 5.36. The minimum absolute atomic E-state index is 0.0467. The Hall–Kier alpha value is -1.86. The summed E-state index contributed by atoms with van der Waals surface area (Å²) in [6.07, 6.45) is 0. The highest BCUT2D eigenvalue weighted by Crippen LogP contribution is 2.19. The molecule has 0 aliphatic carbocycles. The first-order chi connectivity index (χ1) is 9.52. The second-order valence-electron chi connectivity index (χ2n) is 4.12. The van der Waals surface area contributed by atoms with Crippen molar-refractivity contribution in [1.82, 2.24) is 0 Å². The molecule has 0 aliphatic heterocycles. The summed E-state index contributed by atoms with van der Waals surface area (Å²) >= 11 is 6.90. The van der Waals surface area contributed by atoms with Crippen LogP contribution in [0.5, 0.6) is 0 Å². The predicted molar refractivity (Wildman–Crippen MR) is 81.6 cm³/mol. The smallest absolute Gasteiger partial charge is 0.269 e. The van der Waals surface area contributed by atoms with E-state index in [0.29, 0.717) is 10.7 Å². The van der Waals surface area contributed by atoms with Crippen LogP contribution >= 0.6 is 11.3 Å². The lowest BCUT2D eigenvalue weighted by atomic mass is 10.3. The Kier molecular flexibility index (Phi) is 4.41. The summed E-state index contributed by atoms with van der Waals surface area (Å²) in [6.45, 7) is 4.91. The fraction of sp³-hybridized carbons (Fsp3) is 0.231. The summed E-state index contributed by atoms with van der Waals surface area (Å²) in [5, 5.41) is 14.1. The number of aromatic nitrogens is 1. The van der Waals surface area contributed by atoms with Crippen LogP contribution in [0.3, 0.4) is 0 Å². The van der Waals surface area contributed by atoms with Crippen LogP contribution in [-0.4, -0.2) is 9.97 Å². The monoisotopic (exact) mass is 307 g/mol. The van der Waals surface area contributed by atoms with Gasteiger partial charge in [-0.15, -0.1) is 0 Å². The lowest BCUT2D eigenvalue weighted by molar-refractivity contribution is -0.695. The van der Waals surface area contributed by atoms with E-state index in [1.54, 1.807) is 23.5 Å². The largest absolute Gasteiger partial charge is 0.753 e. The van der Waals surface area contributed by atoms with Crippen molar-refractivity contribution in [2.45, 2.75) is 20.4 Å². The number of aryl methyl sites for hydroxylation is 1. The number of thiazole rings is 1. The fourth-order valence-electron chi connectivity index (χ4n) is 1.80. The third-order valence-corrected chi connectivity index (χ3v) is 4.31. The summed E-state index contributed by atoms with van der Waals surface area (Å²) in [4.78, 5) is 14.5. The third kappa shape index (κ3) is 3.00. The predicted octanol–water partition coefficient (Wildman–Crippen LogP) is 2.90. The number of nitrogens with zero attached hydrogens (tertiary/aromatic N) is 3. The van der Waals surface area contributed by atoms with Crippen LogP contribution in [0.25, 0.3) is 0 Å². The summed E-state index contributed by atoms with van der Waals surface area (Å²) in [5.74, 6) is 0. The van der Waals surface area contributed by atoms with E-state index in [2.05, 4.69) is 16.5 Å². The van der Waals surface area contributed by atoms with Crippen molar-refractivity contribution in [2.24, 2.45) is 4.99 Å². The summed E-state index contributed by atoms with van der Waals surface area (Å²) in [5.41, 5.74) is 1.81. The van der Waals surface area contributed by atoms with Gasteiger partial charge >= 0.3 is 0 Å². The molecule has 0 unspecified atom stereocenters. The lowest BCUT2D eigenvalue weighted by Crippen LogP contribution is -2.38. The quantitative estimate of drug-likeness (QED) is 0.218. The van der Waals surface area contributed by atoms with Gasteiger partial charge < -0.3 is 12.6 Å². The molecule has 1 heterocycles. The van der Waals surface area contributed by atoms with Crippen LogP contribution in [0, 0.1) is 17.0 Å². The summed E-state index contributed by atoms with van der Waals surface area (Å²) < 4.78 is 2.10. The number of nitro benzene ring substituents is 1. The first-order valence-electron chi connectivity index (χ1n) is 6.01. The molecule has 0 radical (unpaired) electrons. The van der Waals surface area contributed by atoms with E-state index >= 15 is 0 Å². The Morgan fingerprint density at radius 1 is 1.45 bits per heavy atom. The average Bonchev–Trinajstić information content (AvgIpc) is 2.80. The van der Waals surface area contributed by atoms with Crippen molar-refractivity contribution in [3.05, 3.63) is 50.5 Å². The van der Waals surface area contributed by atoms with Gasteiger partial charge in [-0.3, -0.25) is 15.1 Å². The van der Waals surface area contributed by atoms with Gasteiger partial charge in [0.05, 0.1) is 16.0 Å². The third-order valence-electron chi connectivity index (χ3n) is 2.80. The minimum atomic E-state index is -0.435. The van der Waals surface area contributed by atoms with Crippen LogP contribution in [0.1, 0.15) is 17.6 Å².